The number of rotatable bonds is 53. The second kappa shape index (κ2) is 59.9. The molecular weight excluding hydrogens is 861 g/mol. The maximum atomic E-state index is 12.9. The van der Waals surface area contributed by atoms with Gasteiger partial charge < -0.3 is 14.2 Å². The third kappa shape index (κ3) is 57.1. The highest BCUT2D eigenvalue weighted by Gasteiger charge is 2.17. The first-order valence-electron chi connectivity index (χ1n) is 29.4. The lowest BCUT2D eigenvalue weighted by molar-refractivity contribution is -0.163. The van der Waals surface area contributed by atoms with Crippen molar-refractivity contribution in [3.8, 4) is 0 Å². The molecule has 0 amide bonds. The van der Waals surface area contributed by atoms with E-state index in [0.717, 1.165) is 116 Å². The van der Waals surface area contributed by atoms with Crippen LogP contribution in [-0.4, -0.2) is 37.9 Å². The van der Waals surface area contributed by atoms with Crippen LogP contribution in [0.1, 0.15) is 265 Å². The van der Waals surface area contributed by atoms with Gasteiger partial charge in [0.15, 0.2) is 6.10 Å². The predicted molar refractivity (Wildman–Crippen MR) is 306 cm³/mol. The van der Waals surface area contributed by atoms with Crippen molar-refractivity contribution in [1.29, 1.82) is 0 Å². The van der Waals surface area contributed by atoms with Crippen LogP contribution in [0.15, 0.2) is 109 Å². The molecule has 1 unspecified atom stereocenters. The summed E-state index contributed by atoms with van der Waals surface area (Å²) in [6.07, 6.45) is 82.5. The Balaban J connectivity index is 4.34. The fourth-order valence-electron chi connectivity index (χ4n) is 7.96. The van der Waals surface area contributed by atoms with Crippen LogP contribution >= 0.6 is 0 Å². The highest BCUT2D eigenvalue weighted by molar-refractivity contribution is 5.70. The van der Waals surface area contributed by atoms with Crippen molar-refractivity contribution in [2.75, 3.05) is 19.8 Å². The first-order chi connectivity index (χ1) is 34.6. The molecule has 0 saturated heterocycles. The topological polar surface area (TPSA) is 61.8 Å². The van der Waals surface area contributed by atoms with E-state index in [0.29, 0.717) is 19.4 Å². The molecule has 5 heteroatoms. The number of ether oxygens (including phenoxy) is 3. The summed E-state index contributed by atoms with van der Waals surface area (Å²) in [5.41, 5.74) is 0. The Kier molecular flexibility index (Phi) is 56.9. The maximum absolute atomic E-state index is 12.9. The molecule has 0 aliphatic heterocycles. The molecule has 0 aromatic carbocycles. The van der Waals surface area contributed by atoms with Crippen molar-refractivity contribution in [2.24, 2.45) is 0 Å². The van der Waals surface area contributed by atoms with Crippen LogP contribution in [0.2, 0.25) is 0 Å². The summed E-state index contributed by atoms with van der Waals surface area (Å²) in [6, 6.07) is 0. The highest BCUT2D eigenvalue weighted by atomic mass is 16.6. The van der Waals surface area contributed by atoms with E-state index in [1.165, 1.54) is 116 Å². The molecule has 0 aromatic heterocycles. The lowest BCUT2D eigenvalue weighted by Crippen LogP contribution is -2.30. The van der Waals surface area contributed by atoms with Crippen LogP contribution in [0.5, 0.6) is 0 Å². The van der Waals surface area contributed by atoms with Gasteiger partial charge in [-0.05, 0) is 122 Å². The van der Waals surface area contributed by atoms with E-state index in [1.54, 1.807) is 0 Å². The van der Waals surface area contributed by atoms with Gasteiger partial charge >= 0.3 is 11.9 Å². The molecule has 0 aliphatic rings. The molecule has 0 spiro atoms. The fraction of sp³-hybridized carbons (Fsp3) is 0.692. The van der Waals surface area contributed by atoms with E-state index in [9.17, 15) is 9.59 Å². The Bertz CT molecular complexity index is 1380. The average Bonchev–Trinajstić information content (AvgIpc) is 3.36. The molecule has 1 atom stereocenters. The number of allylic oxidation sites excluding steroid dienone is 18. The molecule has 0 N–H and O–H groups in total. The minimum Gasteiger partial charge on any atom is -0.462 e. The van der Waals surface area contributed by atoms with E-state index < -0.39 is 6.10 Å². The summed E-state index contributed by atoms with van der Waals surface area (Å²) < 4.78 is 17.5. The quantitative estimate of drug-likeness (QED) is 0.0345. The van der Waals surface area contributed by atoms with Crippen molar-refractivity contribution >= 4 is 11.9 Å². The number of hydrogen-bond acceptors (Lipinski definition) is 5. The van der Waals surface area contributed by atoms with Crippen LogP contribution in [-0.2, 0) is 23.8 Å². The molecule has 5 nitrogen and oxygen atoms in total. The highest BCUT2D eigenvalue weighted by Crippen LogP contribution is 2.14. The first kappa shape index (κ1) is 66.6. The zero-order valence-corrected chi connectivity index (χ0v) is 46.0. The van der Waals surface area contributed by atoms with Gasteiger partial charge in [-0.25, -0.2) is 0 Å². The molecular formula is C65H110O5. The van der Waals surface area contributed by atoms with Crippen molar-refractivity contribution in [3.63, 3.8) is 0 Å². The van der Waals surface area contributed by atoms with Gasteiger partial charge in [0.1, 0.15) is 6.61 Å². The second-order valence-electron chi connectivity index (χ2n) is 19.1. The number of carbonyl (C=O) groups excluding carboxylic acids is 2. The van der Waals surface area contributed by atoms with E-state index in [2.05, 4.69) is 130 Å². The summed E-state index contributed by atoms with van der Waals surface area (Å²) in [7, 11) is 0. The summed E-state index contributed by atoms with van der Waals surface area (Å²) in [5, 5.41) is 0. The van der Waals surface area contributed by atoms with Crippen molar-refractivity contribution < 1.29 is 23.8 Å². The minimum absolute atomic E-state index is 0.0664. The van der Waals surface area contributed by atoms with Gasteiger partial charge in [0.2, 0.25) is 0 Å². The summed E-state index contributed by atoms with van der Waals surface area (Å²) in [5.74, 6) is -0.425. The smallest absolute Gasteiger partial charge is 0.306 e. The van der Waals surface area contributed by atoms with E-state index in [-0.39, 0.29) is 25.2 Å². The Morgan fingerprint density at radius 2 is 0.643 bits per heavy atom. The average molecular weight is 972 g/mol. The molecule has 0 saturated carbocycles. The van der Waals surface area contributed by atoms with Crippen molar-refractivity contribution in [3.05, 3.63) is 109 Å². The largest absolute Gasteiger partial charge is 0.462 e. The Morgan fingerprint density at radius 1 is 0.329 bits per heavy atom. The number of carbonyl (C=O) groups is 2. The SMILES string of the molecule is CC/C=C\C/C=C\C/C=C\CCCCCCCCCC(=O)OCC(COCCCCCCCCC/C=C\C/C=C\C/C=C\CCCCC)OC(=O)CCCCCCCCC/C=C\C/C=C\C/C=C\CC. The Labute approximate surface area is 434 Å². The van der Waals surface area contributed by atoms with Gasteiger partial charge in [-0.1, -0.05) is 239 Å². The zero-order chi connectivity index (χ0) is 50.6. The minimum atomic E-state index is -0.559. The van der Waals surface area contributed by atoms with Gasteiger partial charge in [-0.15, -0.1) is 0 Å². The molecule has 0 heterocycles. The second-order valence-corrected chi connectivity index (χ2v) is 19.1. The Hall–Kier alpha value is -3.44. The Morgan fingerprint density at radius 3 is 1.03 bits per heavy atom. The first-order valence-corrected chi connectivity index (χ1v) is 29.4. The van der Waals surface area contributed by atoms with Gasteiger partial charge in [0, 0.05) is 19.4 Å². The molecule has 0 radical (unpaired) electrons. The van der Waals surface area contributed by atoms with Gasteiger partial charge in [-0.3, -0.25) is 9.59 Å². The van der Waals surface area contributed by atoms with Gasteiger partial charge in [-0.2, -0.15) is 0 Å². The van der Waals surface area contributed by atoms with Crippen molar-refractivity contribution in [1.82, 2.24) is 0 Å². The number of hydrogen-bond donors (Lipinski definition) is 0. The van der Waals surface area contributed by atoms with Crippen LogP contribution in [0.3, 0.4) is 0 Å². The normalized spacial score (nSPS) is 13.0. The molecule has 400 valence electrons. The molecule has 0 aliphatic carbocycles. The molecule has 0 fully saturated rings. The van der Waals surface area contributed by atoms with Gasteiger partial charge in [0.25, 0.3) is 0 Å². The lowest BCUT2D eigenvalue weighted by atomic mass is 10.1. The van der Waals surface area contributed by atoms with Crippen molar-refractivity contribution in [2.45, 2.75) is 271 Å². The summed E-state index contributed by atoms with van der Waals surface area (Å²) in [4.78, 5) is 25.6. The lowest BCUT2D eigenvalue weighted by Gasteiger charge is -2.18. The van der Waals surface area contributed by atoms with Crippen LogP contribution in [0.25, 0.3) is 0 Å². The molecule has 0 aromatic rings. The third-order valence-electron chi connectivity index (χ3n) is 12.3. The van der Waals surface area contributed by atoms with Crippen LogP contribution in [0, 0.1) is 0 Å². The maximum Gasteiger partial charge on any atom is 0.306 e. The zero-order valence-electron chi connectivity index (χ0n) is 46.0. The van der Waals surface area contributed by atoms with Gasteiger partial charge in [0.05, 0.1) is 6.61 Å². The summed E-state index contributed by atoms with van der Waals surface area (Å²) in [6.45, 7) is 7.55. The van der Waals surface area contributed by atoms with E-state index in [1.807, 2.05) is 0 Å². The number of unbranched alkanes of at least 4 members (excludes halogenated alkanes) is 24. The number of esters is 2. The third-order valence-corrected chi connectivity index (χ3v) is 12.3. The molecule has 70 heavy (non-hydrogen) atoms. The summed E-state index contributed by atoms with van der Waals surface area (Å²) >= 11 is 0. The molecule has 0 bridgehead atoms. The van der Waals surface area contributed by atoms with Crippen LogP contribution < -0.4 is 0 Å². The predicted octanol–water partition coefficient (Wildman–Crippen LogP) is 20.3. The van der Waals surface area contributed by atoms with Crippen LogP contribution in [0.4, 0.5) is 0 Å². The monoisotopic (exact) mass is 971 g/mol. The molecule has 0 rings (SSSR count). The van der Waals surface area contributed by atoms with E-state index in [4.69, 9.17) is 14.2 Å². The standard InChI is InChI=1S/C65H110O5/c1-4-7-10-13-16-19-22-25-28-31-32-33-36-39-42-45-48-51-54-57-60-68-61-63(70-65(67)59-56-53-50-47-44-41-38-35-30-27-24-21-18-15-12-9-6-3)62-69-64(66)58-55-52-49-46-43-40-37-34-29-26-23-20-17-14-11-8-5-2/h8-9,11-12,16-21,25-30,32-33,63H,4-7,10,13-15,22-24,31,34-62H2,1-3H3/b11-8-,12-9-,19-16-,20-17-,21-18-,28-25-,29-26-,30-27-,33-32-. The van der Waals surface area contributed by atoms with E-state index >= 15 is 0 Å². The fourth-order valence-corrected chi connectivity index (χ4v) is 7.96.